The fraction of sp³-hybridized carbons (Fsp3) is 0.400. The first-order valence-electron chi connectivity index (χ1n) is 4.98. The van der Waals surface area contributed by atoms with E-state index in [9.17, 15) is 0 Å². The quantitative estimate of drug-likeness (QED) is 0.777. The molecule has 2 aromatic rings. The number of hydrogen-bond acceptors (Lipinski definition) is 4. The van der Waals surface area contributed by atoms with Gasteiger partial charge in [-0.3, -0.25) is 0 Å². The number of nitrogens with two attached hydrogens (primary N) is 1. The molecule has 0 aliphatic rings. The Kier molecular flexibility index (Phi) is 2.55. The zero-order valence-electron chi connectivity index (χ0n) is 8.94. The Morgan fingerprint density at radius 2 is 2.33 bits per heavy atom. The first-order chi connectivity index (χ1) is 7.16. The average Bonchev–Trinajstić information content (AvgIpc) is 2.59. The number of nitrogens with zero attached hydrogens (tertiary/aromatic N) is 3. The molecule has 0 bridgehead atoms. The Hall–Kier alpha value is -1.62. The number of fused-ring (bicyclic) bond motifs is 1. The molecule has 0 saturated heterocycles. The van der Waals surface area contributed by atoms with Crippen molar-refractivity contribution in [2.75, 3.05) is 11.9 Å². The molecular weight excluding hydrogens is 190 g/mol. The number of rotatable bonds is 3. The summed E-state index contributed by atoms with van der Waals surface area (Å²) in [6.45, 7) is 4.61. The Bertz CT molecular complexity index is 460. The molecule has 3 N–H and O–H groups in total. The number of pyridine rings is 1. The van der Waals surface area contributed by atoms with E-state index >= 15 is 0 Å². The van der Waals surface area contributed by atoms with Crippen LogP contribution >= 0.6 is 0 Å². The lowest BCUT2D eigenvalue weighted by Gasteiger charge is -2.03. The van der Waals surface area contributed by atoms with Crippen LogP contribution < -0.4 is 11.1 Å². The van der Waals surface area contributed by atoms with Crippen LogP contribution in [0.5, 0.6) is 0 Å². The summed E-state index contributed by atoms with van der Waals surface area (Å²) in [6, 6.07) is 5.99. The SMILES string of the molecule is Cc1cccc2nc(NCC(C)N)nn12. The molecule has 0 aromatic carbocycles. The summed E-state index contributed by atoms with van der Waals surface area (Å²) < 4.78 is 1.81. The summed E-state index contributed by atoms with van der Waals surface area (Å²) >= 11 is 0. The number of aryl methyl sites for hydroxylation is 1. The minimum absolute atomic E-state index is 0.0951. The van der Waals surface area contributed by atoms with E-state index in [0.29, 0.717) is 12.5 Å². The van der Waals surface area contributed by atoms with E-state index in [1.165, 1.54) is 0 Å². The van der Waals surface area contributed by atoms with Gasteiger partial charge in [0.1, 0.15) is 0 Å². The maximum Gasteiger partial charge on any atom is 0.243 e. The Morgan fingerprint density at radius 3 is 3.00 bits per heavy atom. The largest absolute Gasteiger partial charge is 0.351 e. The number of anilines is 1. The third-order valence-electron chi connectivity index (χ3n) is 2.13. The molecule has 2 heterocycles. The van der Waals surface area contributed by atoms with Gasteiger partial charge in [-0.05, 0) is 26.0 Å². The highest BCUT2D eigenvalue weighted by Gasteiger charge is 2.04. The third kappa shape index (κ3) is 2.07. The van der Waals surface area contributed by atoms with Gasteiger partial charge in [0.05, 0.1) is 0 Å². The molecule has 0 radical (unpaired) electrons. The van der Waals surface area contributed by atoms with E-state index in [-0.39, 0.29) is 6.04 Å². The van der Waals surface area contributed by atoms with E-state index in [0.717, 1.165) is 11.3 Å². The van der Waals surface area contributed by atoms with Crippen molar-refractivity contribution in [3.8, 4) is 0 Å². The molecule has 0 amide bonds. The van der Waals surface area contributed by atoms with Gasteiger partial charge in [0.2, 0.25) is 5.95 Å². The Balaban J connectivity index is 2.27. The summed E-state index contributed by atoms with van der Waals surface area (Å²) in [5.41, 5.74) is 7.55. The molecule has 0 fully saturated rings. The van der Waals surface area contributed by atoms with Crippen molar-refractivity contribution in [3.05, 3.63) is 23.9 Å². The van der Waals surface area contributed by atoms with E-state index in [1.807, 2.05) is 36.6 Å². The van der Waals surface area contributed by atoms with Crippen LogP contribution in [0.15, 0.2) is 18.2 Å². The van der Waals surface area contributed by atoms with Gasteiger partial charge in [-0.2, -0.15) is 4.98 Å². The van der Waals surface area contributed by atoms with Crippen molar-refractivity contribution in [1.29, 1.82) is 0 Å². The maximum atomic E-state index is 5.64. The van der Waals surface area contributed by atoms with Crippen LogP contribution in [0.1, 0.15) is 12.6 Å². The lowest BCUT2D eigenvalue weighted by molar-refractivity contribution is 0.772. The monoisotopic (exact) mass is 205 g/mol. The van der Waals surface area contributed by atoms with Crippen LogP contribution in [0.4, 0.5) is 5.95 Å². The zero-order chi connectivity index (χ0) is 10.8. The summed E-state index contributed by atoms with van der Waals surface area (Å²) in [7, 11) is 0. The van der Waals surface area contributed by atoms with Crippen molar-refractivity contribution in [2.24, 2.45) is 5.73 Å². The minimum Gasteiger partial charge on any atom is -0.351 e. The maximum absolute atomic E-state index is 5.64. The highest BCUT2D eigenvalue weighted by molar-refractivity contribution is 5.44. The van der Waals surface area contributed by atoms with Crippen molar-refractivity contribution in [3.63, 3.8) is 0 Å². The highest BCUT2D eigenvalue weighted by atomic mass is 15.3. The first-order valence-corrected chi connectivity index (χ1v) is 4.98. The van der Waals surface area contributed by atoms with Crippen LogP contribution in [-0.2, 0) is 0 Å². The second-order valence-electron chi connectivity index (χ2n) is 3.73. The third-order valence-corrected chi connectivity index (χ3v) is 2.13. The Morgan fingerprint density at radius 1 is 1.53 bits per heavy atom. The molecule has 15 heavy (non-hydrogen) atoms. The number of hydrogen-bond donors (Lipinski definition) is 2. The predicted molar refractivity (Wildman–Crippen MR) is 59.9 cm³/mol. The summed E-state index contributed by atoms with van der Waals surface area (Å²) in [5, 5.41) is 7.42. The highest BCUT2D eigenvalue weighted by Crippen LogP contribution is 2.07. The van der Waals surface area contributed by atoms with Gasteiger partial charge in [-0.1, -0.05) is 6.07 Å². The van der Waals surface area contributed by atoms with Crippen LogP contribution in [-0.4, -0.2) is 27.2 Å². The topological polar surface area (TPSA) is 68.2 Å². The lowest BCUT2D eigenvalue weighted by Crippen LogP contribution is -2.25. The molecule has 5 nitrogen and oxygen atoms in total. The van der Waals surface area contributed by atoms with Gasteiger partial charge in [-0.15, -0.1) is 5.10 Å². The van der Waals surface area contributed by atoms with Crippen molar-refractivity contribution in [1.82, 2.24) is 14.6 Å². The van der Waals surface area contributed by atoms with Crippen molar-refractivity contribution in [2.45, 2.75) is 19.9 Å². The smallest absolute Gasteiger partial charge is 0.243 e. The molecule has 1 atom stereocenters. The van der Waals surface area contributed by atoms with Gasteiger partial charge >= 0.3 is 0 Å². The van der Waals surface area contributed by atoms with Crippen LogP contribution in [0, 0.1) is 6.92 Å². The van der Waals surface area contributed by atoms with Crippen LogP contribution in [0.2, 0.25) is 0 Å². The fourth-order valence-electron chi connectivity index (χ4n) is 1.36. The van der Waals surface area contributed by atoms with Gasteiger partial charge in [0, 0.05) is 18.3 Å². The van der Waals surface area contributed by atoms with E-state index < -0.39 is 0 Å². The summed E-state index contributed by atoms with van der Waals surface area (Å²) in [6.07, 6.45) is 0. The second kappa shape index (κ2) is 3.86. The van der Waals surface area contributed by atoms with Crippen molar-refractivity contribution < 1.29 is 0 Å². The normalized spacial score (nSPS) is 13.0. The Labute approximate surface area is 88.3 Å². The molecule has 5 heteroatoms. The molecule has 2 rings (SSSR count). The predicted octanol–water partition coefficient (Wildman–Crippen LogP) is 0.797. The second-order valence-corrected chi connectivity index (χ2v) is 3.73. The van der Waals surface area contributed by atoms with Gasteiger partial charge in [0.15, 0.2) is 5.65 Å². The number of nitrogens with one attached hydrogen (secondary N) is 1. The lowest BCUT2D eigenvalue weighted by atomic mass is 10.4. The van der Waals surface area contributed by atoms with E-state index in [2.05, 4.69) is 15.4 Å². The fourth-order valence-corrected chi connectivity index (χ4v) is 1.36. The van der Waals surface area contributed by atoms with Gasteiger partial charge in [-0.25, -0.2) is 4.52 Å². The summed E-state index contributed by atoms with van der Waals surface area (Å²) in [5.74, 6) is 0.626. The standard InChI is InChI=1S/C10H15N5/c1-7(11)6-12-10-13-9-5-3-4-8(2)15(9)14-10/h3-5,7H,6,11H2,1-2H3,(H,12,14). The first kappa shape index (κ1) is 9.92. The number of aromatic nitrogens is 3. The molecule has 0 aliphatic heterocycles. The average molecular weight is 205 g/mol. The molecule has 2 aromatic heterocycles. The summed E-state index contributed by atoms with van der Waals surface area (Å²) in [4.78, 5) is 4.33. The minimum atomic E-state index is 0.0951. The molecule has 80 valence electrons. The van der Waals surface area contributed by atoms with Gasteiger partial charge in [0.25, 0.3) is 0 Å². The van der Waals surface area contributed by atoms with Crippen LogP contribution in [0.25, 0.3) is 5.65 Å². The van der Waals surface area contributed by atoms with E-state index in [1.54, 1.807) is 0 Å². The zero-order valence-corrected chi connectivity index (χ0v) is 8.94. The molecule has 0 aliphatic carbocycles. The molecule has 1 unspecified atom stereocenters. The van der Waals surface area contributed by atoms with E-state index in [4.69, 9.17) is 5.73 Å². The molecule has 0 saturated carbocycles. The molecule has 0 spiro atoms. The van der Waals surface area contributed by atoms with Gasteiger partial charge < -0.3 is 11.1 Å². The van der Waals surface area contributed by atoms with Crippen LogP contribution in [0.3, 0.4) is 0 Å². The molecular formula is C10H15N5. The van der Waals surface area contributed by atoms with Crippen molar-refractivity contribution >= 4 is 11.6 Å².